The van der Waals surface area contributed by atoms with E-state index in [2.05, 4.69) is 13.8 Å². The van der Waals surface area contributed by atoms with Gasteiger partial charge in [-0.1, -0.05) is 32.1 Å². The Kier molecular flexibility index (Phi) is 2.67. The van der Waals surface area contributed by atoms with Crippen molar-refractivity contribution >= 4 is 31.1 Å². The molecule has 1 aliphatic heterocycles. The van der Waals surface area contributed by atoms with E-state index in [1.165, 1.54) is 0 Å². The highest BCUT2D eigenvalue weighted by Gasteiger charge is 2.26. The Morgan fingerprint density at radius 1 is 1.67 bits per heavy atom. The van der Waals surface area contributed by atoms with Gasteiger partial charge in [0.2, 0.25) is 13.9 Å². The van der Waals surface area contributed by atoms with E-state index in [-0.39, 0.29) is 5.91 Å². The lowest BCUT2D eigenvalue weighted by Crippen LogP contribution is -2.24. The van der Waals surface area contributed by atoms with Crippen LogP contribution in [0.4, 0.5) is 0 Å². The zero-order chi connectivity index (χ0) is 9.30. The van der Waals surface area contributed by atoms with Crippen molar-refractivity contribution in [3.8, 4) is 0 Å². The van der Waals surface area contributed by atoms with Gasteiger partial charge in [-0.15, -0.1) is 0 Å². The minimum Gasteiger partial charge on any atom is -0.356 e. The van der Waals surface area contributed by atoms with Crippen LogP contribution >= 0.6 is 12.2 Å². The maximum absolute atomic E-state index is 11.4. The first-order valence-corrected chi connectivity index (χ1v) is 4.44. The lowest BCUT2D eigenvalue weighted by atomic mass is 10.1. The Labute approximate surface area is 79.1 Å². The van der Waals surface area contributed by atoms with Crippen LogP contribution in [-0.2, 0) is 4.79 Å². The zero-order valence-corrected chi connectivity index (χ0v) is 8.44. The van der Waals surface area contributed by atoms with Crippen LogP contribution in [0.5, 0.6) is 0 Å². The SMILES string of the molecule is BN1C(=O)/C(=C\C(C)C)CC1=S. The van der Waals surface area contributed by atoms with Gasteiger partial charge in [-0.05, 0) is 5.92 Å². The van der Waals surface area contributed by atoms with Crippen molar-refractivity contribution in [2.75, 3.05) is 0 Å². The molecule has 2 nitrogen and oxygen atoms in total. The average Bonchev–Trinajstić information content (AvgIpc) is 2.17. The molecule has 0 aromatic heterocycles. The summed E-state index contributed by atoms with van der Waals surface area (Å²) < 4.78 is 0. The van der Waals surface area contributed by atoms with Gasteiger partial charge in [0.05, 0.1) is 4.99 Å². The second-order valence-electron chi connectivity index (χ2n) is 3.37. The van der Waals surface area contributed by atoms with E-state index in [4.69, 9.17) is 12.2 Å². The maximum atomic E-state index is 11.4. The molecule has 1 amide bonds. The molecule has 1 rings (SSSR count). The fourth-order valence-electron chi connectivity index (χ4n) is 1.22. The predicted molar refractivity (Wildman–Crippen MR) is 55.5 cm³/mol. The van der Waals surface area contributed by atoms with Crippen LogP contribution in [0.1, 0.15) is 20.3 Å². The second kappa shape index (κ2) is 3.39. The van der Waals surface area contributed by atoms with Crippen LogP contribution < -0.4 is 0 Å². The molecule has 12 heavy (non-hydrogen) atoms. The van der Waals surface area contributed by atoms with Gasteiger partial charge in [0.15, 0.2) is 0 Å². The zero-order valence-electron chi connectivity index (χ0n) is 7.63. The monoisotopic (exact) mass is 181 g/mol. The summed E-state index contributed by atoms with van der Waals surface area (Å²) in [6.45, 7) is 4.11. The Hall–Kier alpha value is -0.635. The molecule has 0 radical (unpaired) electrons. The second-order valence-corrected chi connectivity index (χ2v) is 3.84. The summed E-state index contributed by atoms with van der Waals surface area (Å²) >= 11 is 5.01. The summed E-state index contributed by atoms with van der Waals surface area (Å²) in [5.74, 6) is 0.479. The van der Waals surface area contributed by atoms with E-state index in [0.717, 1.165) is 10.6 Å². The molecule has 0 N–H and O–H groups in total. The van der Waals surface area contributed by atoms with Crippen molar-refractivity contribution in [3.63, 3.8) is 0 Å². The number of rotatable bonds is 1. The molecule has 0 aromatic rings. The van der Waals surface area contributed by atoms with Crippen molar-refractivity contribution < 1.29 is 4.79 Å². The van der Waals surface area contributed by atoms with E-state index in [0.29, 0.717) is 12.3 Å². The molecule has 0 unspecified atom stereocenters. The Bertz CT molecular complexity index is 260. The summed E-state index contributed by atoms with van der Waals surface area (Å²) in [7, 11) is 1.73. The normalized spacial score (nSPS) is 21.6. The Balaban J connectivity index is 2.85. The van der Waals surface area contributed by atoms with E-state index in [1.807, 2.05) is 6.08 Å². The lowest BCUT2D eigenvalue weighted by Gasteiger charge is -2.06. The molecule has 64 valence electrons. The molecule has 0 bridgehead atoms. The summed E-state index contributed by atoms with van der Waals surface area (Å²) in [5.41, 5.74) is 0.845. The topological polar surface area (TPSA) is 20.3 Å². The average molecular weight is 181 g/mol. The van der Waals surface area contributed by atoms with Crippen molar-refractivity contribution in [3.05, 3.63) is 11.6 Å². The summed E-state index contributed by atoms with van der Waals surface area (Å²) in [4.78, 5) is 13.7. The highest BCUT2D eigenvalue weighted by atomic mass is 32.1. The molecule has 1 heterocycles. The predicted octanol–water partition coefficient (Wildman–Crippen LogP) is 0.677. The number of thiocarbonyl (C=S) groups is 1. The molecule has 4 heteroatoms. The summed E-state index contributed by atoms with van der Waals surface area (Å²) in [6, 6.07) is 0. The molecule has 0 saturated carbocycles. The number of hydrogen-bond acceptors (Lipinski definition) is 2. The van der Waals surface area contributed by atoms with Crippen molar-refractivity contribution in [2.45, 2.75) is 20.3 Å². The van der Waals surface area contributed by atoms with Gasteiger partial charge in [0.25, 0.3) is 0 Å². The number of carbonyl (C=O) groups is 1. The number of amides is 1. The van der Waals surface area contributed by atoms with E-state index >= 15 is 0 Å². The van der Waals surface area contributed by atoms with Crippen LogP contribution in [0.3, 0.4) is 0 Å². The molecule has 1 aliphatic rings. The van der Waals surface area contributed by atoms with E-state index < -0.39 is 0 Å². The van der Waals surface area contributed by atoms with Gasteiger partial charge in [-0.2, -0.15) is 0 Å². The quantitative estimate of drug-likeness (QED) is 0.336. The molecule has 0 spiro atoms. The van der Waals surface area contributed by atoms with Gasteiger partial charge >= 0.3 is 0 Å². The first-order valence-electron chi connectivity index (χ1n) is 4.04. The molecule has 0 aromatic carbocycles. The minimum atomic E-state index is 0.0636. The molecule has 1 saturated heterocycles. The summed E-state index contributed by atoms with van der Waals surface area (Å²) in [6.07, 6.45) is 2.63. The highest BCUT2D eigenvalue weighted by Crippen LogP contribution is 2.19. The molecular weight excluding hydrogens is 169 g/mol. The summed E-state index contributed by atoms with van der Waals surface area (Å²) in [5, 5.41) is 0. The van der Waals surface area contributed by atoms with Gasteiger partial charge in [-0.25, -0.2) is 0 Å². The van der Waals surface area contributed by atoms with Crippen LogP contribution in [0.15, 0.2) is 11.6 Å². The third kappa shape index (κ3) is 1.75. The number of hydrogen-bond donors (Lipinski definition) is 0. The number of nitrogens with zero attached hydrogens (tertiary/aromatic N) is 1. The van der Waals surface area contributed by atoms with E-state index in [1.54, 1.807) is 12.8 Å². The first-order chi connectivity index (χ1) is 5.52. The third-order valence-corrected chi connectivity index (χ3v) is 2.25. The minimum absolute atomic E-state index is 0.0636. The fourth-order valence-corrected chi connectivity index (χ4v) is 1.46. The van der Waals surface area contributed by atoms with Crippen molar-refractivity contribution in [1.29, 1.82) is 0 Å². The van der Waals surface area contributed by atoms with Crippen LogP contribution in [-0.4, -0.2) is 23.7 Å². The van der Waals surface area contributed by atoms with Gasteiger partial charge in [0.1, 0.15) is 0 Å². The van der Waals surface area contributed by atoms with E-state index in [9.17, 15) is 4.79 Å². The van der Waals surface area contributed by atoms with Crippen molar-refractivity contribution in [1.82, 2.24) is 4.81 Å². The van der Waals surface area contributed by atoms with Crippen molar-refractivity contribution in [2.24, 2.45) is 5.92 Å². The van der Waals surface area contributed by atoms with Crippen LogP contribution in [0, 0.1) is 5.92 Å². The standard InChI is InChI=1S/C8H12BNOS/c1-5(2)3-6-4-7(12)10(9)8(6)11/h3,5H,4,9H2,1-2H3/b6-3-. The van der Waals surface area contributed by atoms with Gasteiger partial charge < -0.3 is 4.81 Å². The Morgan fingerprint density at radius 2 is 2.25 bits per heavy atom. The maximum Gasteiger partial charge on any atom is 0.242 e. The number of carbonyl (C=O) groups excluding carboxylic acids is 1. The fraction of sp³-hybridized carbons (Fsp3) is 0.500. The van der Waals surface area contributed by atoms with Gasteiger partial charge in [-0.3, -0.25) is 4.79 Å². The molecule has 0 aliphatic carbocycles. The smallest absolute Gasteiger partial charge is 0.242 e. The third-order valence-electron chi connectivity index (χ3n) is 1.83. The molecule has 1 fully saturated rings. The first kappa shape index (κ1) is 9.45. The highest BCUT2D eigenvalue weighted by molar-refractivity contribution is 7.80. The van der Waals surface area contributed by atoms with Gasteiger partial charge in [0, 0.05) is 12.0 Å². The number of allylic oxidation sites excluding steroid dienone is 1. The van der Waals surface area contributed by atoms with Crippen LogP contribution in [0.25, 0.3) is 0 Å². The molecule has 0 atom stereocenters. The lowest BCUT2D eigenvalue weighted by molar-refractivity contribution is -0.119. The van der Waals surface area contributed by atoms with Crippen LogP contribution in [0.2, 0.25) is 0 Å². The largest absolute Gasteiger partial charge is 0.356 e. The Morgan fingerprint density at radius 3 is 2.58 bits per heavy atom. The molecular formula is C8H12BNOS.